The highest BCUT2D eigenvalue weighted by Gasteiger charge is 2.12. The topological polar surface area (TPSA) is 74.8 Å². The molecule has 1 aromatic carbocycles. The van der Waals surface area contributed by atoms with E-state index in [2.05, 4.69) is 14.7 Å². The second-order valence-corrected chi connectivity index (χ2v) is 6.36. The van der Waals surface area contributed by atoms with Gasteiger partial charge in [-0.1, -0.05) is 19.1 Å². The maximum Gasteiger partial charge on any atom is 0.232 e. The van der Waals surface area contributed by atoms with E-state index in [9.17, 15) is 8.42 Å². The molecule has 19 heavy (non-hydrogen) atoms. The first-order valence-corrected chi connectivity index (χ1v) is 7.76. The fourth-order valence-corrected chi connectivity index (χ4v) is 2.43. The quantitative estimate of drug-likeness (QED) is 0.882. The van der Waals surface area contributed by atoms with Crippen molar-refractivity contribution in [3.63, 3.8) is 0 Å². The number of hydrogen-bond donors (Lipinski definition) is 2. The fraction of sp³-hybridized carbons (Fsp3) is 0.308. The molecule has 1 atom stereocenters. The average Bonchev–Trinajstić information content (AvgIpc) is 2.91. The van der Waals surface area contributed by atoms with Crippen molar-refractivity contribution in [3.05, 3.63) is 48.0 Å². The van der Waals surface area contributed by atoms with Crippen LogP contribution in [0.5, 0.6) is 0 Å². The zero-order valence-corrected chi connectivity index (χ0v) is 11.7. The van der Waals surface area contributed by atoms with Gasteiger partial charge >= 0.3 is 0 Å². The summed E-state index contributed by atoms with van der Waals surface area (Å²) in [5, 5.41) is 0. The third kappa shape index (κ3) is 3.35. The van der Waals surface area contributed by atoms with Crippen LogP contribution in [-0.2, 0) is 10.0 Å². The van der Waals surface area contributed by atoms with Gasteiger partial charge in [0.2, 0.25) is 10.0 Å². The van der Waals surface area contributed by atoms with Gasteiger partial charge in [-0.25, -0.2) is 13.4 Å². The van der Waals surface area contributed by atoms with Crippen molar-refractivity contribution < 1.29 is 8.42 Å². The summed E-state index contributed by atoms with van der Waals surface area (Å²) in [4.78, 5) is 7.14. The van der Waals surface area contributed by atoms with E-state index >= 15 is 0 Å². The highest BCUT2D eigenvalue weighted by atomic mass is 32.2. The molecule has 6 heteroatoms. The number of nitrogens with zero attached hydrogens (tertiary/aromatic N) is 1. The Morgan fingerprint density at radius 2 is 2.21 bits per heavy atom. The monoisotopic (exact) mass is 279 g/mol. The maximum atomic E-state index is 11.6. The molecule has 0 fully saturated rings. The van der Waals surface area contributed by atoms with Gasteiger partial charge < -0.3 is 4.98 Å². The molecule has 0 aliphatic carbocycles. The van der Waals surface area contributed by atoms with Crippen molar-refractivity contribution in [1.29, 1.82) is 0 Å². The van der Waals surface area contributed by atoms with Gasteiger partial charge in [-0.2, -0.15) is 0 Å². The number of sulfonamides is 1. The number of H-pyrrole nitrogens is 1. The number of nitrogens with one attached hydrogen (secondary N) is 2. The minimum absolute atomic E-state index is 0.0617. The van der Waals surface area contributed by atoms with Crippen molar-refractivity contribution >= 4 is 15.7 Å². The summed E-state index contributed by atoms with van der Waals surface area (Å²) in [5.74, 6) is 0.170. The summed E-state index contributed by atoms with van der Waals surface area (Å²) >= 11 is 0. The smallest absolute Gasteiger partial charge is 0.232 e. The second kappa shape index (κ2) is 5.44. The average molecular weight is 279 g/mol. The maximum absolute atomic E-state index is 11.6. The van der Waals surface area contributed by atoms with Gasteiger partial charge in [0.25, 0.3) is 0 Å². The van der Waals surface area contributed by atoms with Crippen LogP contribution < -0.4 is 4.72 Å². The summed E-state index contributed by atoms with van der Waals surface area (Å²) in [6.07, 6.45) is 3.48. The molecule has 102 valence electrons. The highest BCUT2D eigenvalue weighted by molar-refractivity contribution is 7.92. The molecule has 2 rings (SSSR count). The minimum Gasteiger partial charge on any atom is -0.351 e. The lowest BCUT2D eigenvalue weighted by Crippen LogP contribution is -2.14. The van der Waals surface area contributed by atoms with Gasteiger partial charge in [-0.05, 0) is 24.6 Å². The van der Waals surface area contributed by atoms with Gasteiger partial charge in [0, 0.05) is 17.8 Å². The summed E-state index contributed by atoms with van der Waals surface area (Å²) in [5.41, 5.74) is 2.53. The third-order valence-electron chi connectivity index (χ3n) is 3.00. The van der Waals surface area contributed by atoms with E-state index in [0.717, 1.165) is 11.3 Å². The first-order valence-electron chi connectivity index (χ1n) is 6.11. The summed E-state index contributed by atoms with van der Waals surface area (Å²) in [6.45, 7) is 3.64. The first-order chi connectivity index (χ1) is 9.02. The molecule has 0 saturated heterocycles. The van der Waals surface area contributed by atoms with Gasteiger partial charge in [-0.3, -0.25) is 4.72 Å². The number of rotatable bonds is 5. The van der Waals surface area contributed by atoms with Crippen molar-refractivity contribution in [2.24, 2.45) is 0 Å². The van der Waals surface area contributed by atoms with Crippen molar-refractivity contribution in [3.8, 4) is 0 Å². The molecule has 2 aromatic rings. The van der Waals surface area contributed by atoms with Crippen LogP contribution in [0.3, 0.4) is 0 Å². The highest BCUT2D eigenvalue weighted by Crippen LogP contribution is 2.24. The molecule has 0 aliphatic rings. The molecule has 0 saturated carbocycles. The van der Waals surface area contributed by atoms with Gasteiger partial charge in [0.1, 0.15) is 0 Å². The molecular weight excluding hydrogens is 262 g/mol. The van der Waals surface area contributed by atoms with Crippen LogP contribution in [0.25, 0.3) is 0 Å². The molecular formula is C13H17N3O2S. The molecule has 1 heterocycles. The van der Waals surface area contributed by atoms with E-state index in [1.165, 1.54) is 0 Å². The number of aromatic amines is 1. The lowest BCUT2D eigenvalue weighted by molar-refractivity contribution is 0.602. The van der Waals surface area contributed by atoms with E-state index < -0.39 is 10.0 Å². The Morgan fingerprint density at radius 1 is 1.42 bits per heavy atom. The Hall–Kier alpha value is -1.82. The molecule has 0 spiro atoms. The van der Waals surface area contributed by atoms with Gasteiger partial charge in [-0.15, -0.1) is 0 Å². The number of imidazole rings is 1. The number of benzene rings is 1. The molecule has 0 amide bonds. The van der Waals surface area contributed by atoms with Gasteiger partial charge in [0.15, 0.2) is 0 Å². The van der Waals surface area contributed by atoms with Crippen LogP contribution in [0, 0.1) is 0 Å². The van der Waals surface area contributed by atoms with E-state index in [-0.39, 0.29) is 11.7 Å². The van der Waals surface area contributed by atoms with Crippen molar-refractivity contribution in [2.75, 3.05) is 10.5 Å². The summed E-state index contributed by atoms with van der Waals surface area (Å²) < 4.78 is 25.7. The molecule has 0 bridgehead atoms. The first kappa shape index (κ1) is 13.6. The minimum atomic E-state index is -3.24. The molecule has 1 aromatic heterocycles. The van der Waals surface area contributed by atoms with Gasteiger partial charge in [0.05, 0.1) is 17.8 Å². The molecule has 0 aliphatic heterocycles. The predicted molar refractivity (Wildman–Crippen MR) is 75.6 cm³/mol. The largest absolute Gasteiger partial charge is 0.351 e. The van der Waals surface area contributed by atoms with E-state index in [1.54, 1.807) is 19.3 Å². The van der Waals surface area contributed by atoms with E-state index in [4.69, 9.17) is 0 Å². The van der Waals surface area contributed by atoms with Crippen LogP contribution in [0.2, 0.25) is 0 Å². The normalized spacial score (nSPS) is 13.2. The summed E-state index contributed by atoms with van der Waals surface area (Å²) in [7, 11) is -3.24. The fourth-order valence-electron chi connectivity index (χ4n) is 1.80. The third-order valence-corrected chi connectivity index (χ3v) is 4.31. The van der Waals surface area contributed by atoms with Crippen LogP contribution >= 0.6 is 0 Å². The lowest BCUT2D eigenvalue weighted by atomic mass is 9.98. The SMILES string of the molecule is CCS(=O)(=O)Nc1cccc(C(C)c2c[nH]cn2)c1. The molecule has 2 N–H and O–H groups in total. The number of anilines is 1. The number of aromatic nitrogens is 2. The Kier molecular flexibility index (Phi) is 3.90. The van der Waals surface area contributed by atoms with E-state index in [0.29, 0.717) is 5.69 Å². The van der Waals surface area contributed by atoms with E-state index in [1.807, 2.05) is 31.3 Å². The standard InChI is InChI=1S/C13H17N3O2S/c1-3-19(17,18)16-12-6-4-5-11(7-12)10(2)13-8-14-9-15-13/h4-10,16H,3H2,1-2H3,(H,14,15). The zero-order valence-electron chi connectivity index (χ0n) is 10.9. The number of hydrogen-bond acceptors (Lipinski definition) is 3. The Morgan fingerprint density at radius 3 is 2.84 bits per heavy atom. The molecule has 1 unspecified atom stereocenters. The second-order valence-electron chi connectivity index (χ2n) is 4.35. The van der Waals surface area contributed by atoms with Crippen molar-refractivity contribution in [2.45, 2.75) is 19.8 Å². The Labute approximate surface area is 113 Å². The summed E-state index contributed by atoms with van der Waals surface area (Å²) in [6, 6.07) is 7.38. The molecule has 0 radical (unpaired) electrons. The molecule has 5 nitrogen and oxygen atoms in total. The zero-order chi connectivity index (χ0) is 13.9. The Bertz CT molecular complexity index is 636. The lowest BCUT2D eigenvalue weighted by Gasteiger charge is -2.12. The predicted octanol–water partition coefficient (Wildman–Crippen LogP) is 2.32. The Balaban J connectivity index is 2.25. The van der Waals surface area contributed by atoms with Crippen LogP contribution in [0.4, 0.5) is 5.69 Å². The van der Waals surface area contributed by atoms with Crippen LogP contribution in [0.1, 0.15) is 31.0 Å². The van der Waals surface area contributed by atoms with Crippen molar-refractivity contribution in [1.82, 2.24) is 9.97 Å². The van der Waals surface area contributed by atoms with Crippen LogP contribution in [-0.4, -0.2) is 24.1 Å². The van der Waals surface area contributed by atoms with Crippen LogP contribution in [0.15, 0.2) is 36.8 Å².